The number of thiol groups is 1. The molecule has 3 nitrogen and oxygen atoms in total. The van der Waals surface area contributed by atoms with E-state index < -0.39 is 10.1 Å². The molecule has 0 radical (unpaired) electrons. The lowest BCUT2D eigenvalue weighted by Gasteiger charge is -2.08. The molecule has 0 saturated carbocycles. The van der Waals surface area contributed by atoms with Crippen LogP contribution in [0.4, 0.5) is 0 Å². The maximum Gasteiger partial charge on any atom is 0.264 e. The molecule has 0 aliphatic carbocycles. The van der Waals surface area contributed by atoms with E-state index in [4.69, 9.17) is 4.55 Å². The van der Waals surface area contributed by atoms with E-state index in [9.17, 15) is 8.42 Å². The van der Waals surface area contributed by atoms with Gasteiger partial charge < -0.3 is 0 Å². The van der Waals surface area contributed by atoms with Crippen LogP contribution in [0.3, 0.4) is 0 Å². The molecule has 0 bridgehead atoms. The van der Waals surface area contributed by atoms with Gasteiger partial charge in [-0.05, 0) is 19.3 Å². The van der Waals surface area contributed by atoms with Crippen molar-refractivity contribution < 1.29 is 13.0 Å². The predicted molar refractivity (Wildman–Crippen MR) is 56.3 cm³/mol. The van der Waals surface area contributed by atoms with Crippen LogP contribution in [-0.4, -0.2) is 24.0 Å². The Kier molecular flexibility index (Phi) is 6.43. The van der Waals surface area contributed by atoms with Gasteiger partial charge in [0.2, 0.25) is 0 Å². The Bertz CT molecular complexity index is 196. The van der Waals surface area contributed by atoms with Crippen LogP contribution in [0, 0.1) is 0 Å². The van der Waals surface area contributed by atoms with Gasteiger partial charge in [-0.1, -0.05) is 17.7 Å². The Morgan fingerprint density at radius 3 is 2.50 bits per heavy atom. The molecule has 0 fully saturated rings. The third-order valence-electron chi connectivity index (χ3n) is 1.53. The topological polar surface area (TPSA) is 54.4 Å². The average molecular weight is 230 g/mol. The van der Waals surface area contributed by atoms with Crippen molar-refractivity contribution in [3.63, 3.8) is 0 Å². The maximum absolute atomic E-state index is 10.3. The maximum atomic E-state index is 10.3. The van der Waals surface area contributed by atoms with Crippen LogP contribution in [0.1, 0.15) is 26.2 Å². The molecule has 0 heterocycles. The first-order valence-corrected chi connectivity index (χ1v) is 7.29. The fraction of sp³-hybridized carbons (Fsp3) is 1.00. The van der Waals surface area contributed by atoms with Gasteiger partial charge in [-0.15, -0.1) is 11.7 Å². The summed E-state index contributed by atoms with van der Waals surface area (Å²) in [5.74, 6) is -0.141. The van der Waals surface area contributed by atoms with Crippen molar-refractivity contribution in [1.29, 1.82) is 0 Å². The lowest BCUT2D eigenvalue weighted by Crippen LogP contribution is -2.07. The van der Waals surface area contributed by atoms with Crippen LogP contribution in [0.15, 0.2) is 0 Å². The average Bonchev–Trinajstić information content (AvgIpc) is 1.96. The van der Waals surface area contributed by atoms with Crippen LogP contribution in [0.5, 0.6) is 0 Å². The van der Waals surface area contributed by atoms with Gasteiger partial charge >= 0.3 is 0 Å². The van der Waals surface area contributed by atoms with E-state index in [1.807, 2.05) is 6.92 Å². The standard InChI is InChI=1S/C6H14O3S3/c1-2-6(11-10)4-3-5-12(7,8)9/h6,10H,2-5H2,1H3,(H,7,8,9). The number of hydrogen-bond donors (Lipinski definition) is 2. The molecule has 0 aromatic rings. The summed E-state index contributed by atoms with van der Waals surface area (Å²) in [6.07, 6.45) is 2.26. The molecule has 1 N–H and O–H groups in total. The molecule has 6 heteroatoms. The highest BCUT2D eigenvalue weighted by atomic mass is 33.1. The van der Waals surface area contributed by atoms with Gasteiger partial charge in [-0.2, -0.15) is 8.42 Å². The first-order valence-electron chi connectivity index (χ1n) is 3.75. The van der Waals surface area contributed by atoms with Crippen LogP contribution < -0.4 is 0 Å². The number of hydrogen-bond acceptors (Lipinski definition) is 4. The first kappa shape index (κ1) is 12.6. The number of rotatable bonds is 6. The van der Waals surface area contributed by atoms with E-state index in [0.717, 1.165) is 12.8 Å². The summed E-state index contributed by atoms with van der Waals surface area (Å²) in [4.78, 5) is 0. The molecule has 1 unspecified atom stereocenters. The van der Waals surface area contributed by atoms with Gasteiger partial charge in [0.1, 0.15) is 0 Å². The zero-order valence-corrected chi connectivity index (χ0v) is 9.46. The summed E-state index contributed by atoms with van der Waals surface area (Å²) < 4.78 is 29.1. The smallest absolute Gasteiger partial charge is 0.264 e. The zero-order chi connectivity index (χ0) is 9.61. The summed E-state index contributed by atoms with van der Waals surface area (Å²) in [6, 6.07) is 0. The molecule has 12 heavy (non-hydrogen) atoms. The third-order valence-corrected chi connectivity index (χ3v) is 4.10. The third kappa shape index (κ3) is 7.27. The van der Waals surface area contributed by atoms with Crippen molar-refractivity contribution in [2.75, 3.05) is 5.75 Å². The van der Waals surface area contributed by atoms with Gasteiger partial charge in [-0.3, -0.25) is 4.55 Å². The summed E-state index contributed by atoms with van der Waals surface area (Å²) in [5.41, 5.74) is 0. The Balaban J connectivity index is 3.55. The molecule has 0 rings (SSSR count). The van der Waals surface area contributed by atoms with Crippen molar-refractivity contribution >= 4 is 32.6 Å². The van der Waals surface area contributed by atoms with Gasteiger partial charge in [-0.25, -0.2) is 0 Å². The molecule has 0 amide bonds. The molecule has 0 aliphatic rings. The van der Waals surface area contributed by atoms with Crippen LogP contribution >= 0.6 is 22.5 Å². The lowest BCUT2D eigenvalue weighted by molar-refractivity contribution is 0.479. The molecular formula is C6H14O3S3. The minimum Gasteiger partial charge on any atom is -0.286 e. The molecule has 0 saturated heterocycles. The van der Waals surface area contributed by atoms with E-state index >= 15 is 0 Å². The van der Waals surface area contributed by atoms with Crippen molar-refractivity contribution in [3.8, 4) is 0 Å². The first-order chi connectivity index (χ1) is 5.49. The van der Waals surface area contributed by atoms with Gasteiger partial charge in [0.05, 0.1) is 5.75 Å². The molecule has 0 aliphatic heterocycles. The molecule has 1 atom stereocenters. The van der Waals surface area contributed by atoms with Crippen LogP contribution in [-0.2, 0) is 10.1 Å². The second-order valence-corrected chi connectivity index (χ2v) is 5.65. The molecular weight excluding hydrogens is 216 g/mol. The molecule has 74 valence electrons. The van der Waals surface area contributed by atoms with Gasteiger partial charge in [0.25, 0.3) is 10.1 Å². The zero-order valence-electron chi connectivity index (χ0n) is 6.93. The fourth-order valence-corrected chi connectivity index (χ4v) is 2.54. The monoisotopic (exact) mass is 230 g/mol. The fourth-order valence-electron chi connectivity index (χ4n) is 0.825. The largest absolute Gasteiger partial charge is 0.286 e. The quantitative estimate of drug-likeness (QED) is 0.416. The highest BCUT2D eigenvalue weighted by Gasteiger charge is 2.08. The van der Waals surface area contributed by atoms with E-state index in [1.165, 1.54) is 10.8 Å². The molecule has 0 aromatic carbocycles. The lowest BCUT2D eigenvalue weighted by atomic mass is 10.2. The second-order valence-electron chi connectivity index (χ2n) is 2.56. The predicted octanol–water partition coefficient (Wildman–Crippen LogP) is 2.01. The Labute approximate surface area is 82.9 Å². The molecule has 0 aromatic heterocycles. The summed E-state index contributed by atoms with van der Waals surface area (Å²) in [5, 5.41) is 0.384. The van der Waals surface area contributed by atoms with E-state index in [1.54, 1.807) is 0 Å². The highest BCUT2D eigenvalue weighted by Crippen LogP contribution is 2.22. The van der Waals surface area contributed by atoms with Crippen LogP contribution in [0.2, 0.25) is 0 Å². The SMILES string of the molecule is CCC(CCCS(=O)(=O)O)SS. The van der Waals surface area contributed by atoms with Gasteiger partial charge in [0, 0.05) is 5.25 Å². The summed E-state index contributed by atoms with van der Waals surface area (Å²) in [7, 11) is -2.33. The summed E-state index contributed by atoms with van der Waals surface area (Å²) in [6.45, 7) is 2.03. The Morgan fingerprint density at radius 1 is 1.58 bits per heavy atom. The Morgan fingerprint density at radius 2 is 2.17 bits per heavy atom. The molecule has 0 spiro atoms. The van der Waals surface area contributed by atoms with Crippen LogP contribution in [0.25, 0.3) is 0 Å². The van der Waals surface area contributed by atoms with Crippen molar-refractivity contribution in [3.05, 3.63) is 0 Å². The normalized spacial score (nSPS) is 14.6. The second kappa shape index (κ2) is 6.12. The van der Waals surface area contributed by atoms with E-state index in [-0.39, 0.29) is 5.75 Å². The van der Waals surface area contributed by atoms with Crippen molar-refractivity contribution in [1.82, 2.24) is 0 Å². The van der Waals surface area contributed by atoms with E-state index in [0.29, 0.717) is 11.7 Å². The van der Waals surface area contributed by atoms with Gasteiger partial charge in [0.15, 0.2) is 0 Å². The highest BCUT2D eigenvalue weighted by molar-refractivity contribution is 8.68. The summed E-state index contributed by atoms with van der Waals surface area (Å²) >= 11 is 4.05. The van der Waals surface area contributed by atoms with E-state index in [2.05, 4.69) is 11.7 Å². The Hall–Kier alpha value is 0.610. The minimum absolute atomic E-state index is 0.141. The van der Waals surface area contributed by atoms with Crippen molar-refractivity contribution in [2.24, 2.45) is 0 Å². The van der Waals surface area contributed by atoms with Crippen molar-refractivity contribution in [2.45, 2.75) is 31.4 Å². The minimum atomic E-state index is -3.77.